The molecule has 0 radical (unpaired) electrons. The topological polar surface area (TPSA) is 82.8 Å². The van der Waals surface area contributed by atoms with E-state index in [0.29, 0.717) is 44.2 Å². The highest BCUT2D eigenvalue weighted by Gasteiger charge is 2.24. The van der Waals surface area contributed by atoms with Gasteiger partial charge in [-0.3, -0.25) is 14.5 Å². The van der Waals surface area contributed by atoms with Crippen LogP contribution in [0, 0.1) is 0 Å². The minimum Gasteiger partial charge on any atom is -0.342 e. The van der Waals surface area contributed by atoms with Gasteiger partial charge in [-0.25, -0.2) is 0 Å². The highest BCUT2D eigenvalue weighted by atomic mass is 16.5. The van der Waals surface area contributed by atoms with Crippen molar-refractivity contribution in [2.75, 3.05) is 45.8 Å². The summed E-state index contributed by atoms with van der Waals surface area (Å²) in [5, 5.41) is 3.92. The van der Waals surface area contributed by atoms with Crippen LogP contribution in [0.2, 0.25) is 0 Å². The van der Waals surface area contributed by atoms with Gasteiger partial charge in [0.1, 0.15) is 0 Å². The van der Waals surface area contributed by atoms with Crippen molar-refractivity contribution in [1.29, 1.82) is 0 Å². The first-order valence-electron chi connectivity index (χ1n) is 9.54. The lowest BCUT2D eigenvalue weighted by Crippen LogP contribution is -2.51. The van der Waals surface area contributed by atoms with Crippen LogP contribution in [-0.2, 0) is 16.0 Å². The predicted molar refractivity (Wildman–Crippen MR) is 97.7 cm³/mol. The van der Waals surface area contributed by atoms with Crippen molar-refractivity contribution >= 4 is 11.8 Å². The molecule has 1 aromatic rings. The maximum absolute atomic E-state index is 12.4. The van der Waals surface area contributed by atoms with Gasteiger partial charge in [0.2, 0.25) is 17.7 Å². The van der Waals surface area contributed by atoms with E-state index in [1.807, 2.05) is 37.5 Å². The van der Waals surface area contributed by atoms with Crippen LogP contribution < -0.4 is 0 Å². The summed E-state index contributed by atoms with van der Waals surface area (Å²) < 4.78 is 5.19. The molecule has 0 atom stereocenters. The molecule has 1 aromatic heterocycles. The van der Waals surface area contributed by atoms with E-state index in [9.17, 15) is 9.59 Å². The van der Waals surface area contributed by atoms with Crippen molar-refractivity contribution in [3.05, 3.63) is 11.7 Å². The number of carbonyl (C=O) groups is 2. The monoisotopic (exact) mass is 365 g/mol. The Morgan fingerprint density at radius 2 is 1.81 bits per heavy atom. The summed E-state index contributed by atoms with van der Waals surface area (Å²) in [5.74, 6) is 1.68. The van der Waals surface area contributed by atoms with Crippen molar-refractivity contribution in [3.8, 4) is 0 Å². The average molecular weight is 365 g/mol. The molecule has 146 valence electrons. The smallest absolute Gasteiger partial charge is 0.236 e. The molecule has 8 heteroatoms. The zero-order valence-electron chi connectivity index (χ0n) is 16.4. The lowest BCUT2D eigenvalue weighted by atomic mass is 10.2. The third kappa shape index (κ3) is 5.52. The standard InChI is InChI=1S/C18H31N5O3/c1-5-22(6-2)17(25)13-21-9-11-23(12-10-21)16(24)8-7-15-19-18(14(3)4)20-26-15/h14H,5-13H2,1-4H3. The van der Waals surface area contributed by atoms with Crippen molar-refractivity contribution in [1.82, 2.24) is 24.8 Å². The number of aryl methyl sites for hydroxylation is 1. The molecule has 1 aliphatic heterocycles. The summed E-state index contributed by atoms with van der Waals surface area (Å²) in [6.07, 6.45) is 0.845. The van der Waals surface area contributed by atoms with Crippen LogP contribution in [0.4, 0.5) is 0 Å². The summed E-state index contributed by atoms with van der Waals surface area (Å²) >= 11 is 0. The second-order valence-corrected chi connectivity index (χ2v) is 6.92. The first-order valence-corrected chi connectivity index (χ1v) is 9.54. The van der Waals surface area contributed by atoms with Crippen molar-refractivity contribution in [2.45, 2.75) is 46.5 Å². The fraction of sp³-hybridized carbons (Fsp3) is 0.778. The molecule has 2 heterocycles. The number of hydrogen-bond acceptors (Lipinski definition) is 6. The van der Waals surface area contributed by atoms with Crippen molar-refractivity contribution in [2.24, 2.45) is 0 Å². The van der Waals surface area contributed by atoms with Crippen molar-refractivity contribution < 1.29 is 14.1 Å². The number of carbonyl (C=O) groups excluding carboxylic acids is 2. The van der Waals surface area contributed by atoms with Crippen LogP contribution in [0.5, 0.6) is 0 Å². The normalized spacial score (nSPS) is 15.5. The molecule has 8 nitrogen and oxygen atoms in total. The summed E-state index contributed by atoms with van der Waals surface area (Å²) in [5.41, 5.74) is 0. The number of amides is 2. The quantitative estimate of drug-likeness (QED) is 0.687. The van der Waals surface area contributed by atoms with Gasteiger partial charge in [-0.05, 0) is 13.8 Å². The van der Waals surface area contributed by atoms with Crippen LogP contribution in [0.15, 0.2) is 4.52 Å². The zero-order chi connectivity index (χ0) is 19.1. The number of rotatable bonds is 8. The molecule has 2 rings (SSSR count). The van der Waals surface area contributed by atoms with Gasteiger partial charge in [-0.15, -0.1) is 0 Å². The number of aromatic nitrogens is 2. The minimum atomic E-state index is 0.101. The number of piperazine rings is 1. The van der Waals surface area contributed by atoms with Gasteiger partial charge in [0.15, 0.2) is 5.82 Å². The highest BCUT2D eigenvalue weighted by molar-refractivity contribution is 5.78. The van der Waals surface area contributed by atoms with E-state index in [1.54, 1.807) is 0 Å². The third-order valence-corrected chi connectivity index (χ3v) is 4.75. The highest BCUT2D eigenvalue weighted by Crippen LogP contribution is 2.12. The zero-order valence-corrected chi connectivity index (χ0v) is 16.4. The molecule has 2 amide bonds. The largest absolute Gasteiger partial charge is 0.342 e. The van der Waals surface area contributed by atoms with E-state index < -0.39 is 0 Å². The summed E-state index contributed by atoms with van der Waals surface area (Å²) in [6.45, 7) is 12.7. The van der Waals surface area contributed by atoms with Crippen LogP contribution in [0.1, 0.15) is 51.7 Å². The number of likely N-dealkylation sites (N-methyl/N-ethyl adjacent to an activating group) is 1. The van der Waals surface area contributed by atoms with Gasteiger partial charge in [0.25, 0.3) is 0 Å². The van der Waals surface area contributed by atoms with Gasteiger partial charge < -0.3 is 14.3 Å². The Bertz CT molecular complexity index is 589. The SMILES string of the molecule is CCN(CC)C(=O)CN1CCN(C(=O)CCc2nc(C(C)C)no2)CC1. The van der Waals surface area contributed by atoms with Crippen LogP contribution in [-0.4, -0.2) is 82.5 Å². The molecule has 0 aromatic carbocycles. The molecule has 0 N–H and O–H groups in total. The first kappa shape index (κ1) is 20.4. The van der Waals surface area contributed by atoms with Gasteiger partial charge in [-0.2, -0.15) is 4.98 Å². The molecule has 1 saturated heterocycles. The third-order valence-electron chi connectivity index (χ3n) is 4.75. The Kier molecular flexibility index (Phi) is 7.56. The van der Waals surface area contributed by atoms with Gasteiger partial charge >= 0.3 is 0 Å². The van der Waals surface area contributed by atoms with E-state index >= 15 is 0 Å². The molecule has 0 unspecified atom stereocenters. The maximum Gasteiger partial charge on any atom is 0.236 e. The Morgan fingerprint density at radius 3 is 2.35 bits per heavy atom. The molecule has 1 fully saturated rings. The van der Waals surface area contributed by atoms with E-state index in [0.717, 1.165) is 26.2 Å². The average Bonchev–Trinajstić information content (AvgIpc) is 3.11. The van der Waals surface area contributed by atoms with Crippen LogP contribution in [0.3, 0.4) is 0 Å². The second-order valence-electron chi connectivity index (χ2n) is 6.92. The Morgan fingerprint density at radius 1 is 1.15 bits per heavy atom. The summed E-state index contributed by atoms with van der Waals surface area (Å²) in [4.78, 5) is 34.7. The predicted octanol–water partition coefficient (Wildman–Crippen LogP) is 1.14. The van der Waals surface area contributed by atoms with Gasteiger partial charge in [0.05, 0.1) is 6.54 Å². The molecule has 1 aliphatic rings. The summed E-state index contributed by atoms with van der Waals surface area (Å²) in [6, 6.07) is 0. The van der Waals surface area contributed by atoms with Crippen molar-refractivity contribution in [3.63, 3.8) is 0 Å². The Balaban J connectivity index is 1.73. The van der Waals surface area contributed by atoms with E-state index in [4.69, 9.17) is 4.52 Å². The van der Waals surface area contributed by atoms with E-state index in [2.05, 4.69) is 15.0 Å². The van der Waals surface area contributed by atoms with Gasteiger partial charge in [-0.1, -0.05) is 19.0 Å². The molecule has 0 bridgehead atoms. The molecule has 0 saturated carbocycles. The maximum atomic E-state index is 12.4. The number of nitrogens with zero attached hydrogens (tertiary/aromatic N) is 5. The molecular weight excluding hydrogens is 334 g/mol. The molecule has 26 heavy (non-hydrogen) atoms. The summed E-state index contributed by atoms with van der Waals surface area (Å²) in [7, 11) is 0. The lowest BCUT2D eigenvalue weighted by Gasteiger charge is -2.35. The molecule has 0 spiro atoms. The lowest BCUT2D eigenvalue weighted by molar-refractivity contribution is -0.135. The number of hydrogen-bond donors (Lipinski definition) is 0. The Labute approximate surface area is 155 Å². The van der Waals surface area contributed by atoms with Gasteiger partial charge in [0, 0.05) is 58.0 Å². The first-order chi connectivity index (χ1) is 12.4. The van der Waals surface area contributed by atoms with Crippen LogP contribution >= 0.6 is 0 Å². The molecular formula is C18H31N5O3. The molecule has 0 aliphatic carbocycles. The fourth-order valence-electron chi connectivity index (χ4n) is 3.00. The second kappa shape index (κ2) is 9.66. The van der Waals surface area contributed by atoms with E-state index in [1.165, 1.54) is 0 Å². The Hall–Kier alpha value is -1.96. The fourth-order valence-corrected chi connectivity index (χ4v) is 3.00. The van der Waals surface area contributed by atoms with E-state index in [-0.39, 0.29) is 17.7 Å². The van der Waals surface area contributed by atoms with Crippen LogP contribution in [0.25, 0.3) is 0 Å². The minimum absolute atomic E-state index is 0.101.